The van der Waals surface area contributed by atoms with Gasteiger partial charge in [0.05, 0.1) is 10.1 Å². The number of amides is 2. The highest BCUT2D eigenvalue weighted by Crippen LogP contribution is 2.37. The second kappa shape index (κ2) is 9.15. The summed E-state index contributed by atoms with van der Waals surface area (Å²) >= 11 is 0. The number of nitrogens with one attached hydrogen (secondary N) is 1. The Balaban J connectivity index is 1.34. The molecule has 168 valence electrons. The molecule has 1 aromatic rings. The van der Waals surface area contributed by atoms with Crippen molar-refractivity contribution in [1.82, 2.24) is 5.32 Å². The van der Waals surface area contributed by atoms with Crippen molar-refractivity contribution in [2.75, 3.05) is 18.0 Å². The number of hydrogen-bond donors (Lipinski definition) is 1. The van der Waals surface area contributed by atoms with Gasteiger partial charge in [-0.15, -0.1) is 0 Å². The zero-order valence-corrected chi connectivity index (χ0v) is 19.0. The first kappa shape index (κ1) is 22.1. The summed E-state index contributed by atoms with van der Waals surface area (Å²) in [6.45, 7) is 2.76. The van der Waals surface area contributed by atoms with Crippen LogP contribution in [0.25, 0.3) is 0 Å². The lowest BCUT2D eigenvalue weighted by Crippen LogP contribution is -2.31. The largest absolute Gasteiger partial charge is 0.356 e. The van der Waals surface area contributed by atoms with Gasteiger partial charge >= 0.3 is 0 Å². The number of carbonyl (C=O) groups excluding carboxylic acids is 2. The third-order valence-corrected chi connectivity index (χ3v) is 8.76. The van der Waals surface area contributed by atoms with Crippen molar-refractivity contribution < 1.29 is 18.0 Å². The van der Waals surface area contributed by atoms with Gasteiger partial charge in [-0.25, -0.2) is 8.42 Å². The number of benzene rings is 1. The van der Waals surface area contributed by atoms with Crippen LogP contribution < -0.4 is 10.2 Å². The minimum absolute atomic E-state index is 0.0508. The molecule has 0 aromatic heterocycles. The Morgan fingerprint density at radius 1 is 1.19 bits per heavy atom. The van der Waals surface area contributed by atoms with Gasteiger partial charge in [0.25, 0.3) is 0 Å². The Morgan fingerprint density at radius 3 is 2.71 bits per heavy atom. The molecule has 2 amide bonds. The maximum absolute atomic E-state index is 13.1. The van der Waals surface area contributed by atoms with Gasteiger partial charge in [0.1, 0.15) is 0 Å². The van der Waals surface area contributed by atoms with E-state index in [1.54, 1.807) is 30.0 Å². The number of hydrogen-bond acceptors (Lipinski definition) is 4. The SMILES string of the molecule is CC(CC(=O)NCCC1=CCCCC1)S(=O)(=O)c1ccc2c(c1)CCN2C(=O)C1CC1. The average molecular weight is 445 g/mol. The molecule has 0 radical (unpaired) electrons. The molecule has 0 bridgehead atoms. The van der Waals surface area contributed by atoms with Crippen molar-refractivity contribution in [2.45, 2.75) is 74.9 Å². The molecule has 1 aliphatic heterocycles. The number of fused-ring (bicyclic) bond motifs is 1. The topological polar surface area (TPSA) is 83.6 Å². The number of sulfone groups is 1. The molecule has 1 N–H and O–H groups in total. The zero-order chi connectivity index (χ0) is 22.0. The Kier molecular flexibility index (Phi) is 6.51. The lowest BCUT2D eigenvalue weighted by atomic mass is 9.97. The minimum atomic E-state index is -3.62. The normalized spacial score (nSPS) is 19.5. The number of allylic oxidation sites excluding steroid dienone is 1. The average Bonchev–Trinajstić information content (AvgIpc) is 3.52. The van der Waals surface area contributed by atoms with Crippen LogP contribution in [0.2, 0.25) is 0 Å². The summed E-state index contributed by atoms with van der Waals surface area (Å²) < 4.78 is 26.1. The van der Waals surface area contributed by atoms with Crippen molar-refractivity contribution in [1.29, 1.82) is 0 Å². The summed E-state index contributed by atoms with van der Waals surface area (Å²) in [6, 6.07) is 5.02. The lowest BCUT2D eigenvalue weighted by molar-refractivity contribution is -0.121. The van der Waals surface area contributed by atoms with Crippen LogP contribution in [-0.2, 0) is 25.8 Å². The molecule has 0 spiro atoms. The molecule has 6 nitrogen and oxygen atoms in total. The molecule has 1 atom stereocenters. The molecule has 31 heavy (non-hydrogen) atoms. The lowest BCUT2D eigenvalue weighted by Gasteiger charge is -2.18. The van der Waals surface area contributed by atoms with E-state index >= 15 is 0 Å². The zero-order valence-electron chi connectivity index (χ0n) is 18.2. The van der Waals surface area contributed by atoms with Crippen LogP contribution in [0, 0.1) is 5.92 Å². The van der Waals surface area contributed by atoms with E-state index in [1.807, 2.05) is 0 Å². The van der Waals surface area contributed by atoms with Gasteiger partial charge < -0.3 is 10.2 Å². The molecule has 3 aliphatic rings. The molecular formula is C24H32N2O4S. The van der Waals surface area contributed by atoms with E-state index in [9.17, 15) is 18.0 Å². The summed E-state index contributed by atoms with van der Waals surface area (Å²) in [5.41, 5.74) is 3.12. The third kappa shape index (κ3) is 5.03. The molecule has 7 heteroatoms. The molecular weight excluding hydrogens is 412 g/mol. The molecule has 1 unspecified atom stereocenters. The number of nitrogens with zero attached hydrogens (tertiary/aromatic N) is 1. The fraction of sp³-hybridized carbons (Fsp3) is 0.583. The molecule has 1 saturated carbocycles. The standard InChI is InChI=1S/C24H32N2O4S/c1-17(15-23(27)25-13-11-18-5-3-2-4-6-18)31(29,30)21-9-10-22-20(16-21)12-14-26(22)24(28)19-7-8-19/h5,9-10,16-17,19H,2-4,6-8,11-15H2,1H3,(H,25,27). The molecule has 2 aliphatic carbocycles. The van der Waals surface area contributed by atoms with Crippen molar-refractivity contribution >= 4 is 27.3 Å². The Hall–Kier alpha value is -2.15. The van der Waals surface area contributed by atoms with Crippen LogP contribution in [0.15, 0.2) is 34.7 Å². The van der Waals surface area contributed by atoms with Crippen molar-refractivity contribution in [3.63, 3.8) is 0 Å². The summed E-state index contributed by atoms with van der Waals surface area (Å²) in [5.74, 6) is 0.0699. The summed E-state index contributed by atoms with van der Waals surface area (Å²) in [5, 5.41) is 2.07. The van der Waals surface area contributed by atoms with E-state index in [0.717, 1.165) is 43.4 Å². The molecule has 1 aromatic carbocycles. The van der Waals surface area contributed by atoms with E-state index in [4.69, 9.17) is 0 Å². The fourth-order valence-electron chi connectivity index (χ4n) is 4.50. The second-order valence-corrected chi connectivity index (χ2v) is 11.4. The predicted molar refractivity (Wildman–Crippen MR) is 121 cm³/mol. The van der Waals surface area contributed by atoms with Gasteiger partial charge in [0.2, 0.25) is 11.8 Å². The van der Waals surface area contributed by atoms with Crippen molar-refractivity contribution in [3.05, 3.63) is 35.4 Å². The van der Waals surface area contributed by atoms with E-state index in [2.05, 4.69) is 11.4 Å². The second-order valence-electron chi connectivity index (χ2n) is 9.07. The van der Waals surface area contributed by atoms with Crippen LogP contribution >= 0.6 is 0 Å². The Labute approximate surface area is 185 Å². The number of anilines is 1. The van der Waals surface area contributed by atoms with E-state index in [1.165, 1.54) is 18.4 Å². The summed E-state index contributed by atoms with van der Waals surface area (Å²) in [7, 11) is -3.62. The molecule has 0 saturated heterocycles. The van der Waals surface area contributed by atoms with Crippen LogP contribution in [0.5, 0.6) is 0 Å². The Bertz CT molecular complexity index is 995. The highest BCUT2D eigenvalue weighted by Gasteiger charge is 2.37. The maximum Gasteiger partial charge on any atom is 0.230 e. The van der Waals surface area contributed by atoms with Crippen LogP contribution in [-0.4, -0.2) is 38.6 Å². The quantitative estimate of drug-likeness (QED) is 0.622. The predicted octanol–water partition coefficient (Wildman–Crippen LogP) is 3.54. The Morgan fingerprint density at radius 2 is 2.00 bits per heavy atom. The van der Waals surface area contributed by atoms with Gasteiger partial charge in [0, 0.05) is 31.1 Å². The number of rotatable bonds is 8. The van der Waals surface area contributed by atoms with Gasteiger partial charge in [-0.05, 0) is 82.1 Å². The maximum atomic E-state index is 13.1. The number of carbonyl (C=O) groups is 2. The van der Waals surface area contributed by atoms with Gasteiger partial charge in [-0.2, -0.15) is 0 Å². The van der Waals surface area contributed by atoms with Crippen LogP contribution in [0.4, 0.5) is 5.69 Å². The van der Waals surface area contributed by atoms with Gasteiger partial charge in [0.15, 0.2) is 9.84 Å². The molecule has 1 fully saturated rings. The van der Waals surface area contributed by atoms with E-state index < -0.39 is 15.1 Å². The first-order valence-corrected chi connectivity index (χ1v) is 13.0. The third-order valence-electron chi connectivity index (χ3n) is 6.62. The first-order valence-electron chi connectivity index (χ1n) is 11.5. The smallest absolute Gasteiger partial charge is 0.230 e. The highest BCUT2D eigenvalue weighted by molar-refractivity contribution is 7.92. The van der Waals surface area contributed by atoms with Crippen LogP contribution in [0.1, 0.15) is 63.9 Å². The van der Waals surface area contributed by atoms with Gasteiger partial charge in [-0.1, -0.05) is 11.6 Å². The van der Waals surface area contributed by atoms with E-state index in [-0.39, 0.29) is 29.0 Å². The highest BCUT2D eigenvalue weighted by atomic mass is 32.2. The first-order chi connectivity index (χ1) is 14.9. The van der Waals surface area contributed by atoms with Crippen molar-refractivity contribution in [2.24, 2.45) is 5.92 Å². The summed E-state index contributed by atoms with van der Waals surface area (Å²) in [6.07, 6.45) is 10.3. The monoisotopic (exact) mass is 444 g/mol. The van der Waals surface area contributed by atoms with Crippen molar-refractivity contribution in [3.8, 4) is 0 Å². The van der Waals surface area contributed by atoms with E-state index in [0.29, 0.717) is 19.5 Å². The molecule has 1 heterocycles. The van der Waals surface area contributed by atoms with Gasteiger partial charge in [-0.3, -0.25) is 9.59 Å². The van der Waals surface area contributed by atoms with Crippen LogP contribution in [0.3, 0.4) is 0 Å². The fourth-order valence-corrected chi connectivity index (χ4v) is 5.90. The summed E-state index contributed by atoms with van der Waals surface area (Å²) in [4.78, 5) is 26.8. The molecule has 4 rings (SSSR count). The minimum Gasteiger partial charge on any atom is -0.356 e.